The molecule has 0 spiro atoms. The number of nitrogens with one attached hydrogen (secondary N) is 1. The number of quaternary nitrogens is 1. The second-order valence-corrected chi connectivity index (χ2v) is 8.70. The highest BCUT2D eigenvalue weighted by Gasteiger charge is 2.30. The van der Waals surface area contributed by atoms with Gasteiger partial charge in [0.1, 0.15) is 0 Å². The summed E-state index contributed by atoms with van der Waals surface area (Å²) in [6.45, 7) is 9.53. The van der Waals surface area contributed by atoms with Crippen molar-refractivity contribution < 1.29 is 13.3 Å². The van der Waals surface area contributed by atoms with Crippen molar-refractivity contribution in [2.45, 2.75) is 38.0 Å². The second kappa shape index (κ2) is 8.11. The molecule has 24 heavy (non-hydrogen) atoms. The van der Waals surface area contributed by atoms with E-state index in [0.717, 1.165) is 26.1 Å². The summed E-state index contributed by atoms with van der Waals surface area (Å²) in [5.74, 6) is 0.451. The monoisotopic (exact) mass is 350 g/mol. The molecule has 1 aliphatic rings. The molecule has 1 aliphatic heterocycles. The van der Waals surface area contributed by atoms with E-state index in [1.54, 1.807) is 16.4 Å². The van der Waals surface area contributed by atoms with E-state index >= 15 is 0 Å². The van der Waals surface area contributed by atoms with E-state index in [2.05, 4.69) is 19.9 Å². The Bertz CT molecular complexity index is 671. The molecule has 1 N–H and O–H groups in total. The zero-order valence-electron chi connectivity index (χ0n) is 14.8. The molecule has 132 valence electrons. The number of nitriles is 1. The van der Waals surface area contributed by atoms with Crippen molar-refractivity contribution in [3.63, 3.8) is 0 Å². The molecule has 2 rings (SSSR count). The molecule has 6 heteroatoms. The molecule has 2 atom stereocenters. The first-order valence-corrected chi connectivity index (χ1v) is 10.2. The lowest BCUT2D eigenvalue weighted by atomic mass is 9.99. The van der Waals surface area contributed by atoms with Crippen LogP contribution in [0.5, 0.6) is 0 Å². The van der Waals surface area contributed by atoms with Gasteiger partial charge in [0.25, 0.3) is 0 Å². The minimum Gasteiger partial charge on any atom is -0.332 e. The van der Waals surface area contributed by atoms with Crippen LogP contribution in [0.15, 0.2) is 29.2 Å². The van der Waals surface area contributed by atoms with Crippen LogP contribution in [0.25, 0.3) is 0 Å². The zero-order chi connectivity index (χ0) is 17.7. The molecule has 0 bridgehead atoms. The summed E-state index contributed by atoms with van der Waals surface area (Å²) < 4.78 is 27.1. The van der Waals surface area contributed by atoms with E-state index < -0.39 is 10.0 Å². The van der Waals surface area contributed by atoms with E-state index in [4.69, 9.17) is 5.26 Å². The van der Waals surface area contributed by atoms with Gasteiger partial charge in [-0.1, -0.05) is 26.0 Å². The predicted molar refractivity (Wildman–Crippen MR) is 94.2 cm³/mol. The van der Waals surface area contributed by atoms with Gasteiger partial charge in [-0.3, -0.25) is 0 Å². The normalized spacial score (nSPS) is 19.6. The number of sulfonamides is 1. The number of nitrogens with zero attached hydrogens (tertiary/aromatic N) is 2. The van der Waals surface area contributed by atoms with Gasteiger partial charge in [-0.15, -0.1) is 0 Å². The number of rotatable bonds is 6. The second-order valence-electron chi connectivity index (χ2n) is 6.77. The first-order chi connectivity index (χ1) is 11.4. The van der Waals surface area contributed by atoms with Crippen molar-refractivity contribution in [2.24, 2.45) is 5.92 Å². The van der Waals surface area contributed by atoms with Crippen LogP contribution in [0.2, 0.25) is 0 Å². The molecular formula is C18H28N3O2S+. The third kappa shape index (κ3) is 4.35. The molecular weight excluding hydrogens is 322 g/mol. The first-order valence-electron chi connectivity index (χ1n) is 8.71. The van der Waals surface area contributed by atoms with Crippen molar-refractivity contribution in [1.29, 1.82) is 5.26 Å². The summed E-state index contributed by atoms with van der Waals surface area (Å²) in [5.41, 5.74) is 1.18. The maximum Gasteiger partial charge on any atom is 0.243 e. The van der Waals surface area contributed by atoms with Crippen molar-refractivity contribution in [2.75, 3.05) is 32.7 Å². The van der Waals surface area contributed by atoms with E-state index in [-0.39, 0.29) is 5.92 Å². The smallest absolute Gasteiger partial charge is 0.243 e. The minimum absolute atomic E-state index is 0.0104. The van der Waals surface area contributed by atoms with Crippen molar-refractivity contribution in [3.05, 3.63) is 29.8 Å². The highest BCUT2D eigenvalue weighted by molar-refractivity contribution is 7.89. The van der Waals surface area contributed by atoms with Gasteiger partial charge in [0.2, 0.25) is 10.0 Å². The molecule has 0 saturated carbocycles. The Balaban J connectivity index is 2.03. The molecule has 0 aromatic heterocycles. The van der Waals surface area contributed by atoms with Crippen LogP contribution in [0.1, 0.15) is 38.7 Å². The highest BCUT2D eigenvalue weighted by Crippen LogP contribution is 2.22. The molecule has 1 heterocycles. The van der Waals surface area contributed by atoms with Crippen molar-refractivity contribution in [3.8, 4) is 6.07 Å². The maximum atomic E-state index is 12.8. The van der Waals surface area contributed by atoms with Crippen LogP contribution >= 0.6 is 0 Å². The van der Waals surface area contributed by atoms with Crippen LogP contribution in [0.4, 0.5) is 0 Å². The fourth-order valence-corrected chi connectivity index (χ4v) is 4.52. The summed E-state index contributed by atoms with van der Waals surface area (Å²) in [4.78, 5) is 1.69. The van der Waals surface area contributed by atoms with Gasteiger partial charge in [-0.05, 0) is 37.0 Å². The molecule has 1 saturated heterocycles. The Kier molecular flexibility index (Phi) is 6.39. The van der Waals surface area contributed by atoms with Crippen molar-refractivity contribution in [1.82, 2.24) is 4.31 Å². The number of hydrogen-bond donors (Lipinski definition) is 1. The van der Waals surface area contributed by atoms with E-state index in [0.29, 0.717) is 23.9 Å². The Hall–Kier alpha value is -1.42. The summed E-state index contributed by atoms with van der Waals surface area (Å²) in [7, 11) is -3.41. The standard InChI is InChI=1S/C18H27N3O2S/c1-4-16(3)17-5-7-18(8-6-17)24(22,23)21-11-9-20(10-12-21)14-15(2)13-19/h5-8,15-16H,4,9-12,14H2,1-3H3/p+1/t15-,16+/m0/s1. The zero-order valence-corrected chi connectivity index (χ0v) is 15.6. The van der Waals surface area contributed by atoms with Gasteiger partial charge < -0.3 is 4.90 Å². The van der Waals surface area contributed by atoms with Gasteiger partial charge >= 0.3 is 0 Å². The summed E-state index contributed by atoms with van der Waals surface area (Å²) in [5, 5.41) is 8.90. The molecule has 5 nitrogen and oxygen atoms in total. The Labute approximate surface area is 145 Å². The van der Waals surface area contributed by atoms with Gasteiger partial charge in [-0.2, -0.15) is 9.57 Å². The topological polar surface area (TPSA) is 65.6 Å². The van der Waals surface area contributed by atoms with E-state index in [9.17, 15) is 8.42 Å². The Morgan fingerprint density at radius 1 is 1.21 bits per heavy atom. The van der Waals surface area contributed by atoms with E-state index in [1.807, 2.05) is 19.1 Å². The van der Waals surface area contributed by atoms with Crippen molar-refractivity contribution >= 4 is 10.0 Å². The van der Waals surface area contributed by atoms with Gasteiger partial charge in [-0.25, -0.2) is 8.42 Å². The van der Waals surface area contributed by atoms with Crippen LogP contribution in [0, 0.1) is 17.2 Å². The lowest BCUT2D eigenvalue weighted by Crippen LogP contribution is -3.15. The molecule has 1 fully saturated rings. The van der Waals surface area contributed by atoms with Gasteiger partial charge in [0.15, 0.2) is 0 Å². The molecule has 0 unspecified atom stereocenters. The molecule has 0 aliphatic carbocycles. The van der Waals surface area contributed by atoms with Crippen LogP contribution in [-0.4, -0.2) is 45.4 Å². The summed E-state index contributed by atoms with van der Waals surface area (Å²) in [6, 6.07) is 9.56. The Morgan fingerprint density at radius 2 is 1.79 bits per heavy atom. The predicted octanol–water partition coefficient (Wildman–Crippen LogP) is 1.25. The quantitative estimate of drug-likeness (QED) is 0.840. The number of piperazine rings is 1. The first kappa shape index (κ1) is 18.9. The van der Waals surface area contributed by atoms with Gasteiger partial charge in [0, 0.05) is 0 Å². The third-order valence-corrected chi connectivity index (χ3v) is 6.86. The SMILES string of the molecule is CC[C@@H](C)c1ccc(S(=O)(=O)N2CC[NH+](C[C@@H](C)C#N)CC2)cc1. The maximum absolute atomic E-state index is 12.8. The third-order valence-electron chi connectivity index (χ3n) is 4.94. The molecule has 1 aromatic rings. The number of hydrogen-bond acceptors (Lipinski definition) is 3. The highest BCUT2D eigenvalue weighted by atomic mass is 32.2. The largest absolute Gasteiger partial charge is 0.332 e. The molecule has 0 amide bonds. The fourth-order valence-electron chi connectivity index (χ4n) is 3.08. The Morgan fingerprint density at radius 3 is 2.29 bits per heavy atom. The van der Waals surface area contributed by atoms with Crippen LogP contribution in [-0.2, 0) is 10.0 Å². The molecule has 1 aromatic carbocycles. The average Bonchev–Trinajstić information content (AvgIpc) is 2.61. The lowest BCUT2D eigenvalue weighted by molar-refractivity contribution is -0.905. The minimum atomic E-state index is -3.41. The van der Waals surface area contributed by atoms with E-state index in [1.165, 1.54) is 10.5 Å². The fraction of sp³-hybridized carbons (Fsp3) is 0.611. The van der Waals surface area contributed by atoms with Gasteiger partial charge in [0.05, 0.1) is 49.6 Å². The van der Waals surface area contributed by atoms with Crippen LogP contribution in [0.3, 0.4) is 0 Å². The molecule has 0 radical (unpaired) electrons. The average molecular weight is 351 g/mol. The van der Waals surface area contributed by atoms with Crippen LogP contribution < -0.4 is 4.90 Å². The lowest BCUT2D eigenvalue weighted by Gasteiger charge is -2.32. The number of benzene rings is 1. The summed E-state index contributed by atoms with van der Waals surface area (Å²) in [6.07, 6.45) is 1.04. The summed E-state index contributed by atoms with van der Waals surface area (Å²) >= 11 is 0.